The Balaban J connectivity index is 1.72. The first-order chi connectivity index (χ1) is 7.90. The molecule has 2 heterocycles. The molecule has 0 fully saturated rings. The van der Waals surface area contributed by atoms with Crippen molar-refractivity contribution in [1.82, 2.24) is 0 Å². The number of hydrogen-bond donors (Lipinski definition) is 0. The van der Waals surface area contributed by atoms with Crippen LogP contribution in [0.25, 0.3) is 0 Å². The van der Waals surface area contributed by atoms with E-state index in [2.05, 4.69) is 6.92 Å². The molecule has 0 bridgehead atoms. The molecule has 0 saturated carbocycles. The largest absolute Gasteiger partial charge is 0.488 e. The molecule has 1 aromatic heterocycles. The summed E-state index contributed by atoms with van der Waals surface area (Å²) in [6.07, 6.45) is 6.52. The molecule has 1 aliphatic rings. The van der Waals surface area contributed by atoms with Crippen LogP contribution in [0, 0.1) is 5.92 Å². The van der Waals surface area contributed by atoms with Crippen molar-refractivity contribution in [3.63, 3.8) is 0 Å². The number of rotatable bonds is 5. The van der Waals surface area contributed by atoms with Gasteiger partial charge in [0, 0.05) is 16.7 Å². The zero-order valence-corrected chi connectivity index (χ0v) is 10.7. The van der Waals surface area contributed by atoms with E-state index in [1.54, 1.807) is 11.3 Å². The molecule has 2 rings (SSSR count). The number of fused-ring (bicyclic) bond motifs is 1. The smallest absolute Gasteiger partial charge is 0.171 e. The second kappa shape index (κ2) is 6.14. The van der Waals surface area contributed by atoms with Crippen LogP contribution in [0.2, 0.25) is 0 Å². The van der Waals surface area contributed by atoms with Crippen LogP contribution < -0.4 is 9.47 Å². The van der Waals surface area contributed by atoms with Gasteiger partial charge in [-0.3, -0.25) is 0 Å². The molecule has 3 heteroatoms. The number of ether oxygens (including phenoxy) is 2. The van der Waals surface area contributed by atoms with Gasteiger partial charge in [0.2, 0.25) is 0 Å². The van der Waals surface area contributed by atoms with Gasteiger partial charge in [0.25, 0.3) is 0 Å². The minimum absolute atomic E-state index is 0.564. The van der Waals surface area contributed by atoms with Gasteiger partial charge < -0.3 is 9.47 Å². The summed E-state index contributed by atoms with van der Waals surface area (Å²) in [5.74, 6) is 2.43. The van der Waals surface area contributed by atoms with Crippen molar-refractivity contribution in [1.29, 1.82) is 0 Å². The highest BCUT2D eigenvalue weighted by atomic mass is 32.1. The van der Waals surface area contributed by atoms with Crippen molar-refractivity contribution in [2.75, 3.05) is 13.2 Å². The quantitative estimate of drug-likeness (QED) is 0.721. The first-order valence-corrected chi connectivity index (χ1v) is 7.16. The zero-order chi connectivity index (χ0) is 11.2. The van der Waals surface area contributed by atoms with Crippen LogP contribution in [0.5, 0.6) is 11.5 Å². The maximum Gasteiger partial charge on any atom is 0.171 e. The average Bonchev–Trinajstić information content (AvgIpc) is 2.67. The van der Waals surface area contributed by atoms with Crippen LogP contribution in [0.15, 0.2) is 10.8 Å². The van der Waals surface area contributed by atoms with E-state index in [1.807, 2.05) is 10.8 Å². The first-order valence-electron chi connectivity index (χ1n) is 6.22. The van der Waals surface area contributed by atoms with Crippen molar-refractivity contribution in [2.45, 2.75) is 39.0 Å². The van der Waals surface area contributed by atoms with Crippen LogP contribution in [0.1, 0.15) is 39.0 Å². The van der Waals surface area contributed by atoms with E-state index >= 15 is 0 Å². The lowest BCUT2D eigenvalue weighted by molar-refractivity contribution is 0.202. The third-order valence-electron chi connectivity index (χ3n) is 3.01. The number of unbranched alkanes of at least 4 members (excludes halogenated alkanes) is 3. The van der Waals surface area contributed by atoms with E-state index in [-0.39, 0.29) is 0 Å². The van der Waals surface area contributed by atoms with Crippen LogP contribution in [-0.4, -0.2) is 13.2 Å². The molecule has 1 aromatic rings. The van der Waals surface area contributed by atoms with Gasteiger partial charge in [0.15, 0.2) is 11.5 Å². The highest BCUT2D eigenvalue weighted by molar-refractivity contribution is 7.08. The first kappa shape index (κ1) is 11.8. The molecule has 90 valence electrons. The fourth-order valence-corrected chi connectivity index (χ4v) is 2.66. The Hall–Kier alpha value is -0.700. The van der Waals surface area contributed by atoms with Crippen molar-refractivity contribution in [2.24, 2.45) is 5.92 Å². The second-order valence-corrected chi connectivity index (χ2v) is 5.18. The minimum Gasteiger partial charge on any atom is -0.488 e. The lowest BCUT2D eigenvalue weighted by Crippen LogP contribution is -2.16. The van der Waals surface area contributed by atoms with Crippen LogP contribution in [-0.2, 0) is 0 Å². The summed E-state index contributed by atoms with van der Waals surface area (Å²) in [6, 6.07) is 0. The summed E-state index contributed by atoms with van der Waals surface area (Å²) in [6.45, 7) is 3.88. The van der Waals surface area contributed by atoms with Crippen LogP contribution in [0.4, 0.5) is 0 Å². The van der Waals surface area contributed by atoms with E-state index in [0.717, 1.165) is 24.7 Å². The Morgan fingerprint density at radius 2 is 1.81 bits per heavy atom. The van der Waals surface area contributed by atoms with Crippen LogP contribution in [0.3, 0.4) is 0 Å². The van der Waals surface area contributed by atoms with Gasteiger partial charge in [-0.05, 0) is 6.42 Å². The summed E-state index contributed by atoms with van der Waals surface area (Å²) in [4.78, 5) is 0. The average molecular weight is 240 g/mol. The van der Waals surface area contributed by atoms with Crippen molar-refractivity contribution >= 4 is 11.3 Å². The second-order valence-electron chi connectivity index (χ2n) is 4.44. The normalized spacial score (nSPS) is 16.1. The third-order valence-corrected chi connectivity index (χ3v) is 3.71. The summed E-state index contributed by atoms with van der Waals surface area (Å²) >= 11 is 1.64. The standard InChI is InChI=1S/C13H20O2S/c1-2-3-4-5-6-11-7-14-12-9-16-10-13(12)15-8-11/h9-11H,2-8H2,1H3. The van der Waals surface area contributed by atoms with E-state index in [1.165, 1.54) is 32.1 Å². The zero-order valence-electron chi connectivity index (χ0n) is 9.91. The maximum atomic E-state index is 5.74. The summed E-state index contributed by atoms with van der Waals surface area (Å²) in [7, 11) is 0. The molecule has 0 amide bonds. The predicted molar refractivity (Wildman–Crippen MR) is 67.6 cm³/mol. The highest BCUT2D eigenvalue weighted by Crippen LogP contribution is 2.34. The van der Waals surface area contributed by atoms with Gasteiger partial charge in [0.05, 0.1) is 13.2 Å². The highest BCUT2D eigenvalue weighted by Gasteiger charge is 2.18. The lowest BCUT2D eigenvalue weighted by Gasteiger charge is -2.12. The molecule has 1 aliphatic heterocycles. The Kier molecular flexibility index (Phi) is 4.52. The van der Waals surface area contributed by atoms with Crippen molar-refractivity contribution in [3.05, 3.63) is 10.8 Å². The van der Waals surface area contributed by atoms with Gasteiger partial charge in [0.1, 0.15) is 0 Å². The summed E-state index contributed by atoms with van der Waals surface area (Å²) in [5, 5.41) is 4.05. The fourth-order valence-electron chi connectivity index (χ4n) is 1.97. The molecule has 0 aromatic carbocycles. The summed E-state index contributed by atoms with van der Waals surface area (Å²) < 4.78 is 11.5. The molecule has 0 spiro atoms. The Morgan fingerprint density at radius 1 is 1.12 bits per heavy atom. The van der Waals surface area contributed by atoms with Gasteiger partial charge in [-0.25, -0.2) is 0 Å². The van der Waals surface area contributed by atoms with E-state index in [4.69, 9.17) is 9.47 Å². The molecule has 0 unspecified atom stereocenters. The maximum absolute atomic E-state index is 5.74. The van der Waals surface area contributed by atoms with E-state index < -0.39 is 0 Å². The molecular formula is C13H20O2S. The van der Waals surface area contributed by atoms with Gasteiger partial charge >= 0.3 is 0 Å². The van der Waals surface area contributed by atoms with Crippen molar-refractivity contribution < 1.29 is 9.47 Å². The number of thiophene rings is 1. The van der Waals surface area contributed by atoms with Gasteiger partial charge in [-0.15, -0.1) is 11.3 Å². The Labute approximate surface area is 102 Å². The molecule has 0 atom stereocenters. The fraction of sp³-hybridized carbons (Fsp3) is 0.692. The van der Waals surface area contributed by atoms with Crippen LogP contribution >= 0.6 is 11.3 Å². The third kappa shape index (κ3) is 3.14. The molecule has 0 N–H and O–H groups in total. The van der Waals surface area contributed by atoms with Crippen molar-refractivity contribution in [3.8, 4) is 11.5 Å². The minimum atomic E-state index is 0.564. The Morgan fingerprint density at radius 3 is 2.44 bits per heavy atom. The molecular weight excluding hydrogens is 220 g/mol. The monoisotopic (exact) mass is 240 g/mol. The molecule has 0 aliphatic carbocycles. The topological polar surface area (TPSA) is 18.5 Å². The summed E-state index contributed by atoms with van der Waals surface area (Å²) in [5.41, 5.74) is 0. The van der Waals surface area contributed by atoms with E-state index in [0.29, 0.717) is 5.92 Å². The molecule has 16 heavy (non-hydrogen) atoms. The van der Waals surface area contributed by atoms with Gasteiger partial charge in [-0.2, -0.15) is 0 Å². The Bertz CT molecular complexity index is 286. The molecule has 0 radical (unpaired) electrons. The van der Waals surface area contributed by atoms with E-state index in [9.17, 15) is 0 Å². The van der Waals surface area contributed by atoms with Gasteiger partial charge in [-0.1, -0.05) is 32.6 Å². The SMILES string of the molecule is CCCCCCC1COc2cscc2OC1. The predicted octanol–water partition coefficient (Wildman–Crippen LogP) is 4.11. The molecule has 2 nitrogen and oxygen atoms in total. The number of hydrogen-bond acceptors (Lipinski definition) is 3. The lowest BCUT2D eigenvalue weighted by atomic mass is 10.0. The molecule has 0 saturated heterocycles.